The van der Waals surface area contributed by atoms with Gasteiger partial charge in [0, 0.05) is 43.7 Å². The Hall–Kier alpha value is -2.18. The summed E-state index contributed by atoms with van der Waals surface area (Å²) in [7, 11) is 0. The van der Waals surface area contributed by atoms with Crippen LogP contribution >= 0.6 is 0 Å². The van der Waals surface area contributed by atoms with Gasteiger partial charge in [0.1, 0.15) is 6.10 Å². The number of benzene rings is 1. The third-order valence-corrected chi connectivity index (χ3v) is 6.72. The second-order valence-electron chi connectivity index (χ2n) is 8.29. The average molecular weight is 380 g/mol. The van der Waals surface area contributed by atoms with E-state index in [4.69, 9.17) is 4.74 Å². The maximum atomic E-state index is 12.8. The zero-order valence-corrected chi connectivity index (χ0v) is 16.7. The maximum Gasteiger partial charge on any atom is 0.226 e. The number of likely N-dealkylation sites (tertiary alicyclic amines) is 1. The van der Waals surface area contributed by atoms with E-state index in [1.807, 2.05) is 29.3 Å². The largest absolute Gasteiger partial charge is 0.344 e. The molecule has 28 heavy (non-hydrogen) atoms. The highest BCUT2D eigenvalue weighted by Gasteiger charge is 2.63. The van der Waals surface area contributed by atoms with Crippen molar-refractivity contribution in [3.63, 3.8) is 0 Å². The van der Waals surface area contributed by atoms with Gasteiger partial charge in [0.05, 0.1) is 18.8 Å². The van der Waals surface area contributed by atoms with Crippen molar-refractivity contribution in [1.29, 1.82) is 0 Å². The zero-order valence-electron chi connectivity index (χ0n) is 16.7. The van der Waals surface area contributed by atoms with Gasteiger partial charge in [-0.15, -0.1) is 0 Å². The van der Waals surface area contributed by atoms with E-state index >= 15 is 0 Å². The monoisotopic (exact) mass is 380 g/mol. The van der Waals surface area contributed by atoms with Crippen LogP contribution in [0.1, 0.15) is 49.1 Å². The summed E-state index contributed by atoms with van der Waals surface area (Å²) >= 11 is 0. The molecule has 6 nitrogen and oxygen atoms in total. The molecule has 148 valence electrons. The summed E-state index contributed by atoms with van der Waals surface area (Å²) in [5.74, 6) is 0.228. The van der Waals surface area contributed by atoms with Crippen molar-refractivity contribution < 1.29 is 9.53 Å². The van der Waals surface area contributed by atoms with Crippen molar-refractivity contribution in [2.75, 3.05) is 13.1 Å². The molecule has 6 heteroatoms. The predicted molar refractivity (Wildman–Crippen MR) is 105 cm³/mol. The van der Waals surface area contributed by atoms with Gasteiger partial charge in [0.25, 0.3) is 0 Å². The summed E-state index contributed by atoms with van der Waals surface area (Å²) in [4.78, 5) is 17.3. The third-order valence-electron chi connectivity index (χ3n) is 6.72. The van der Waals surface area contributed by atoms with Crippen LogP contribution < -0.4 is 0 Å². The predicted octanol–water partition coefficient (Wildman–Crippen LogP) is 2.88. The number of aromatic nitrogens is 2. The molecule has 4 heterocycles. The van der Waals surface area contributed by atoms with Crippen LogP contribution in [0, 0.1) is 6.92 Å². The summed E-state index contributed by atoms with van der Waals surface area (Å²) in [6.45, 7) is 7.72. The molecule has 0 N–H and O–H groups in total. The van der Waals surface area contributed by atoms with Crippen LogP contribution in [-0.2, 0) is 22.6 Å². The minimum Gasteiger partial charge on any atom is -0.344 e. The fraction of sp³-hybridized carbons (Fsp3) is 0.545. The fourth-order valence-corrected chi connectivity index (χ4v) is 5.24. The summed E-state index contributed by atoms with van der Waals surface area (Å²) in [5, 5.41) is 4.55. The van der Waals surface area contributed by atoms with Gasteiger partial charge in [-0.05, 0) is 18.9 Å². The molecular weight excluding hydrogens is 352 g/mol. The van der Waals surface area contributed by atoms with Crippen LogP contribution in [0.5, 0.6) is 0 Å². The lowest BCUT2D eigenvalue weighted by Crippen LogP contribution is -2.47. The zero-order chi connectivity index (χ0) is 19.3. The molecule has 3 atom stereocenters. The molecule has 3 fully saturated rings. The lowest BCUT2D eigenvalue weighted by molar-refractivity contribution is -0.138. The number of aryl methyl sites for hydroxylation is 1. The van der Waals surface area contributed by atoms with Gasteiger partial charge < -0.3 is 9.64 Å². The number of hydrogen-bond donors (Lipinski definition) is 0. The minimum atomic E-state index is -0.453. The van der Waals surface area contributed by atoms with Crippen LogP contribution in [0.4, 0.5) is 0 Å². The van der Waals surface area contributed by atoms with E-state index in [9.17, 15) is 4.79 Å². The Morgan fingerprint density at radius 3 is 2.89 bits per heavy atom. The van der Waals surface area contributed by atoms with E-state index < -0.39 is 5.72 Å². The number of amides is 1. The summed E-state index contributed by atoms with van der Waals surface area (Å²) < 4.78 is 8.73. The first kappa shape index (κ1) is 17.9. The van der Waals surface area contributed by atoms with Crippen LogP contribution in [0.3, 0.4) is 0 Å². The first-order valence-electron chi connectivity index (χ1n) is 10.4. The second kappa shape index (κ2) is 6.71. The van der Waals surface area contributed by atoms with Gasteiger partial charge in [-0.3, -0.25) is 14.4 Å². The van der Waals surface area contributed by atoms with Crippen LogP contribution in [0.25, 0.3) is 0 Å². The van der Waals surface area contributed by atoms with Gasteiger partial charge in [-0.1, -0.05) is 37.3 Å². The molecule has 2 aromatic rings. The quantitative estimate of drug-likeness (QED) is 0.800. The number of ether oxygens (including phenoxy) is 1. The number of rotatable bonds is 5. The van der Waals surface area contributed by atoms with E-state index in [0.29, 0.717) is 13.0 Å². The maximum absolute atomic E-state index is 12.8. The van der Waals surface area contributed by atoms with Gasteiger partial charge in [-0.2, -0.15) is 5.10 Å². The van der Waals surface area contributed by atoms with E-state index in [0.717, 1.165) is 38.0 Å². The molecule has 3 aliphatic rings. The Kier molecular flexibility index (Phi) is 4.29. The summed E-state index contributed by atoms with van der Waals surface area (Å²) in [6, 6.07) is 10.4. The van der Waals surface area contributed by atoms with Crippen LogP contribution in [0.2, 0.25) is 0 Å². The van der Waals surface area contributed by atoms with Crippen molar-refractivity contribution in [2.24, 2.45) is 0 Å². The topological polar surface area (TPSA) is 50.6 Å². The Balaban J connectivity index is 1.37. The van der Waals surface area contributed by atoms with Gasteiger partial charge in [0.15, 0.2) is 5.72 Å². The summed E-state index contributed by atoms with van der Waals surface area (Å²) in [5.41, 5.74) is 3.20. The lowest BCUT2D eigenvalue weighted by atomic mass is 10.1. The summed E-state index contributed by atoms with van der Waals surface area (Å²) in [6.07, 6.45) is 4.49. The van der Waals surface area contributed by atoms with Crippen molar-refractivity contribution >= 4 is 5.91 Å². The molecule has 1 spiro atoms. The molecule has 0 bridgehead atoms. The Morgan fingerprint density at radius 1 is 1.29 bits per heavy atom. The molecule has 0 aliphatic carbocycles. The molecule has 1 amide bonds. The van der Waals surface area contributed by atoms with E-state index in [1.54, 1.807) is 0 Å². The first-order valence-corrected chi connectivity index (χ1v) is 10.4. The van der Waals surface area contributed by atoms with E-state index in [-0.39, 0.29) is 18.1 Å². The highest BCUT2D eigenvalue weighted by Crippen LogP contribution is 2.50. The number of carbonyl (C=O) groups excluding carboxylic acids is 1. The highest BCUT2D eigenvalue weighted by molar-refractivity contribution is 5.81. The molecule has 0 unspecified atom stereocenters. The lowest BCUT2D eigenvalue weighted by Gasteiger charge is -2.32. The van der Waals surface area contributed by atoms with Crippen LogP contribution in [0.15, 0.2) is 36.5 Å². The molecule has 1 aromatic heterocycles. The number of nitrogens with zero attached hydrogens (tertiary/aromatic N) is 4. The molecule has 3 aliphatic heterocycles. The normalized spacial score (nSPS) is 29.5. The Labute approximate surface area is 166 Å². The van der Waals surface area contributed by atoms with E-state index in [2.05, 4.69) is 40.7 Å². The fourth-order valence-electron chi connectivity index (χ4n) is 5.24. The molecule has 3 saturated heterocycles. The van der Waals surface area contributed by atoms with Crippen LogP contribution in [-0.4, -0.2) is 50.3 Å². The van der Waals surface area contributed by atoms with E-state index in [1.165, 1.54) is 11.3 Å². The second-order valence-corrected chi connectivity index (χ2v) is 8.29. The standard InChI is InChI=1S/C22H28N4O2/c1-3-10-26-16(2)18(13-23-26)14-24-11-9-22-20(24)12-21(27)25(22)15-19(28-22)17-7-5-4-6-8-17/h4-8,13,19-20H,3,9-12,14-15H2,1-2H3/t19-,20-,22+/m1/s1. The van der Waals surface area contributed by atoms with Crippen molar-refractivity contribution in [3.05, 3.63) is 53.3 Å². The Morgan fingerprint density at radius 2 is 2.11 bits per heavy atom. The Bertz CT molecular complexity index is 880. The molecular formula is C22H28N4O2. The van der Waals surface area contributed by atoms with Crippen molar-refractivity contribution in [3.8, 4) is 0 Å². The SMILES string of the molecule is CCCn1ncc(CN2CC[C@@]34O[C@@H](c5ccccc5)CN3C(=O)C[C@@H]24)c1C. The van der Waals surface area contributed by atoms with Gasteiger partial charge in [-0.25, -0.2) is 0 Å². The molecule has 0 radical (unpaired) electrons. The first-order chi connectivity index (χ1) is 13.6. The third kappa shape index (κ3) is 2.62. The van der Waals surface area contributed by atoms with Gasteiger partial charge in [0.2, 0.25) is 5.91 Å². The molecule has 0 saturated carbocycles. The number of carbonyl (C=O) groups is 1. The smallest absolute Gasteiger partial charge is 0.226 e. The average Bonchev–Trinajstić information content (AvgIpc) is 3.41. The van der Waals surface area contributed by atoms with Crippen molar-refractivity contribution in [1.82, 2.24) is 19.6 Å². The minimum absolute atomic E-state index is 0.0260. The van der Waals surface area contributed by atoms with Gasteiger partial charge >= 0.3 is 0 Å². The molecule has 1 aromatic carbocycles. The number of hydrogen-bond acceptors (Lipinski definition) is 4. The molecule has 5 rings (SSSR count). The highest BCUT2D eigenvalue weighted by atomic mass is 16.5. The van der Waals surface area contributed by atoms with Crippen molar-refractivity contribution in [2.45, 2.75) is 64.1 Å².